The molecule has 0 aromatic heterocycles. The zero-order valence-electron chi connectivity index (χ0n) is 11.7. The number of rotatable bonds is 5. The van der Waals surface area contributed by atoms with E-state index in [1.54, 1.807) is 18.2 Å². The molecular weight excluding hydrogens is 294 g/mol. The van der Waals surface area contributed by atoms with Crippen LogP contribution in [0.3, 0.4) is 0 Å². The summed E-state index contributed by atoms with van der Waals surface area (Å²) in [5, 5.41) is 0. The summed E-state index contributed by atoms with van der Waals surface area (Å²) >= 11 is 0. The van der Waals surface area contributed by atoms with Crippen molar-refractivity contribution in [2.45, 2.75) is 18.9 Å². The van der Waals surface area contributed by atoms with Gasteiger partial charge < -0.3 is 4.90 Å². The largest absolute Gasteiger partial charge is 0.340 e. The first-order valence-electron chi connectivity index (χ1n) is 6.65. The number of carbonyl (C=O) groups is 2. The van der Waals surface area contributed by atoms with Crippen LogP contribution in [0.1, 0.15) is 23.2 Å². The average Bonchev–Trinajstić information content (AvgIpc) is 2.97. The van der Waals surface area contributed by atoms with Crippen molar-refractivity contribution in [2.75, 3.05) is 19.3 Å². The molecule has 1 saturated heterocycles. The molecule has 0 aliphatic carbocycles. The van der Waals surface area contributed by atoms with E-state index in [4.69, 9.17) is 4.18 Å². The molecule has 1 heterocycles. The van der Waals surface area contributed by atoms with Gasteiger partial charge in [-0.2, -0.15) is 8.42 Å². The maximum atomic E-state index is 12.4. The van der Waals surface area contributed by atoms with Crippen molar-refractivity contribution in [3.8, 4) is 0 Å². The first-order chi connectivity index (χ1) is 9.88. The van der Waals surface area contributed by atoms with E-state index in [1.165, 1.54) is 17.0 Å². The molecule has 1 aliphatic heterocycles. The molecule has 0 N–H and O–H groups in total. The monoisotopic (exact) mass is 311 g/mol. The molecule has 0 radical (unpaired) electrons. The molecule has 1 amide bonds. The third kappa shape index (κ3) is 4.12. The number of amides is 1. The van der Waals surface area contributed by atoms with Crippen LogP contribution in [0.15, 0.2) is 30.3 Å². The van der Waals surface area contributed by atoms with Gasteiger partial charge >= 0.3 is 0 Å². The van der Waals surface area contributed by atoms with E-state index in [0.29, 0.717) is 13.1 Å². The van der Waals surface area contributed by atoms with Gasteiger partial charge in [0.2, 0.25) is 11.9 Å². The smallest absolute Gasteiger partial charge is 0.265 e. The third-order valence-electron chi connectivity index (χ3n) is 3.21. The first-order valence-corrected chi connectivity index (χ1v) is 8.46. The molecular formula is C14H17NO5S. The quantitative estimate of drug-likeness (QED) is 0.457. The van der Waals surface area contributed by atoms with E-state index in [0.717, 1.165) is 19.1 Å². The number of carbonyl (C=O) groups excluding carboxylic acids is 2. The molecule has 114 valence electrons. The molecule has 1 fully saturated rings. The van der Waals surface area contributed by atoms with Gasteiger partial charge in [0.25, 0.3) is 16.0 Å². The molecule has 1 aromatic rings. The Morgan fingerprint density at radius 3 is 2.24 bits per heavy atom. The minimum Gasteiger partial charge on any atom is -0.340 e. The molecule has 21 heavy (non-hydrogen) atoms. The van der Waals surface area contributed by atoms with Gasteiger partial charge in [0.1, 0.15) is 0 Å². The summed E-state index contributed by atoms with van der Waals surface area (Å²) in [5.74, 6) is -1.23. The van der Waals surface area contributed by atoms with Crippen LogP contribution in [0.5, 0.6) is 0 Å². The highest BCUT2D eigenvalue weighted by Crippen LogP contribution is 2.15. The van der Waals surface area contributed by atoms with Crippen LogP contribution in [0, 0.1) is 0 Å². The van der Waals surface area contributed by atoms with Gasteiger partial charge in [-0.05, 0) is 12.8 Å². The van der Waals surface area contributed by atoms with Crippen LogP contribution in [0.2, 0.25) is 0 Å². The number of hydrogen-bond acceptors (Lipinski definition) is 5. The Morgan fingerprint density at radius 1 is 1.14 bits per heavy atom. The fourth-order valence-corrected chi connectivity index (χ4v) is 2.75. The summed E-state index contributed by atoms with van der Waals surface area (Å²) in [6.07, 6.45) is 0.879. The maximum Gasteiger partial charge on any atom is 0.265 e. The summed E-state index contributed by atoms with van der Waals surface area (Å²) in [4.78, 5) is 26.2. The first kappa shape index (κ1) is 15.7. The van der Waals surface area contributed by atoms with E-state index in [-0.39, 0.29) is 5.56 Å². The molecule has 0 spiro atoms. The van der Waals surface area contributed by atoms with Crippen LogP contribution in [-0.4, -0.2) is 50.5 Å². The Bertz CT molecular complexity index is 620. The number of Topliss-reactive ketones (excluding diaryl/α,β-unsaturated/α-hetero) is 1. The Kier molecular flexibility index (Phi) is 4.74. The highest BCUT2D eigenvalue weighted by atomic mass is 32.2. The van der Waals surface area contributed by atoms with E-state index in [2.05, 4.69) is 0 Å². The summed E-state index contributed by atoms with van der Waals surface area (Å²) in [6, 6.07) is 8.07. The molecule has 0 saturated carbocycles. The zero-order chi connectivity index (χ0) is 15.5. The summed E-state index contributed by atoms with van der Waals surface area (Å²) in [7, 11) is -3.92. The standard InChI is InChI=1S/C14H17NO5S/c1-21(18,19)20-13(14(17)15-9-5-6-10-15)12(16)11-7-3-2-4-8-11/h2-4,7-8,13H,5-6,9-10H2,1H3. The van der Waals surface area contributed by atoms with Crippen LogP contribution in [-0.2, 0) is 19.1 Å². The van der Waals surface area contributed by atoms with Crippen LogP contribution in [0.4, 0.5) is 0 Å². The number of nitrogens with zero attached hydrogens (tertiary/aromatic N) is 1. The van der Waals surface area contributed by atoms with Gasteiger partial charge in [-0.3, -0.25) is 9.59 Å². The number of likely N-dealkylation sites (tertiary alicyclic amines) is 1. The van der Waals surface area contributed by atoms with E-state index >= 15 is 0 Å². The van der Waals surface area contributed by atoms with Crippen LogP contribution < -0.4 is 0 Å². The van der Waals surface area contributed by atoms with Crippen LogP contribution >= 0.6 is 0 Å². The topological polar surface area (TPSA) is 80.8 Å². The van der Waals surface area contributed by atoms with Gasteiger partial charge in [0, 0.05) is 18.7 Å². The molecule has 6 nitrogen and oxygen atoms in total. The minimum atomic E-state index is -3.92. The molecule has 1 aliphatic rings. The van der Waals surface area contributed by atoms with E-state index in [9.17, 15) is 18.0 Å². The van der Waals surface area contributed by atoms with Crippen molar-refractivity contribution in [1.82, 2.24) is 4.90 Å². The summed E-state index contributed by atoms with van der Waals surface area (Å²) in [5.41, 5.74) is 0.249. The van der Waals surface area contributed by atoms with Crippen molar-refractivity contribution in [3.63, 3.8) is 0 Å². The van der Waals surface area contributed by atoms with Crippen molar-refractivity contribution in [3.05, 3.63) is 35.9 Å². The zero-order valence-corrected chi connectivity index (χ0v) is 12.5. The van der Waals surface area contributed by atoms with Crippen molar-refractivity contribution >= 4 is 21.8 Å². The summed E-state index contributed by atoms with van der Waals surface area (Å²) in [6.45, 7) is 1.04. The highest BCUT2D eigenvalue weighted by molar-refractivity contribution is 7.86. The Hall–Kier alpha value is -1.73. The average molecular weight is 311 g/mol. The molecule has 2 rings (SSSR count). The van der Waals surface area contributed by atoms with Gasteiger partial charge in [0.05, 0.1) is 6.26 Å². The fourth-order valence-electron chi connectivity index (χ4n) is 2.23. The Morgan fingerprint density at radius 2 is 1.71 bits per heavy atom. The molecule has 1 atom stereocenters. The lowest BCUT2D eigenvalue weighted by molar-refractivity contribution is -0.135. The SMILES string of the molecule is CS(=O)(=O)OC(C(=O)c1ccccc1)C(=O)N1CCCC1. The minimum absolute atomic E-state index is 0.249. The second-order valence-electron chi connectivity index (χ2n) is 4.94. The molecule has 0 bridgehead atoms. The molecule has 1 unspecified atom stereocenters. The van der Waals surface area contributed by atoms with Gasteiger partial charge in [0.15, 0.2) is 0 Å². The van der Waals surface area contributed by atoms with Gasteiger partial charge in [-0.25, -0.2) is 4.18 Å². The Balaban J connectivity index is 2.27. The second kappa shape index (κ2) is 6.36. The lowest BCUT2D eigenvalue weighted by Crippen LogP contribution is -2.44. The van der Waals surface area contributed by atoms with Gasteiger partial charge in [-0.1, -0.05) is 30.3 Å². The van der Waals surface area contributed by atoms with E-state index in [1.807, 2.05) is 0 Å². The predicted octanol–water partition coefficient (Wildman–Crippen LogP) is 0.836. The molecule has 1 aromatic carbocycles. The number of benzene rings is 1. The maximum absolute atomic E-state index is 12.4. The predicted molar refractivity (Wildman–Crippen MR) is 76.3 cm³/mol. The Labute approximate surface area is 123 Å². The van der Waals surface area contributed by atoms with Crippen LogP contribution in [0.25, 0.3) is 0 Å². The van der Waals surface area contributed by atoms with Crippen molar-refractivity contribution in [2.24, 2.45) is 0 Å². The lowest BCUT2D eigenvalue weighted by atomic mass is 10.1. The van der Waals surface area contributed by atoms with Gasteiger partial charge in [-0.15, -0.1) is 0 Å². The highest BCUT2D eigenvalue weighted by Gasteiger charge is 2.36. The van der Waals surface area contributed by atoms with E-state index < -0.39 is 27.9 Å². The lowest BCUT2D eigenvalue weighted by Gasteiger charge is -2.21. The molecule has 7 heteroatoms. The normalized spacial score (nSPS) is 16.7. The number of ketones is 1. The fraction of sp³-hybridized carbons (Fsp3) is 0.429. The number of hydrogen-bond donors (Lipinski definition) is 0. The summed E-state index contributed by atoms with van der Waals surface area (Å²) < 4.78 is 27.5. The van der Waals surface area contributed by atoms with Crippen molar-refractivity contribution in [1.29, 1.82) is 0 Å². The second-order valence-corrected chi connectivity index (χ2v) is 6.54. The van der Waals surface area contributed by atoms with Crippen molar-refractivity contribution < 1.29 is 22.2 Å². The third-order valence-corrected chi connectivity index (χ3v) is 3.75.